The van der Waals surface area contributed by atoms with Gasteiger partial charge in [-0.05, 0) is 56.7 Å². The van der Waals surface area contributed by atoms with Crippen LogP contribution in [0.4, 0.5) is 17.2 Å². The number of fused-ring (bicyclic) bond motifs is 1. The number of anilines is 3. The van der Waals surface area contributed by atoms with Gasteiger partial charge in [0, 0.05) is 18.3 Å². The van der Waals surface area contributed by atoms with Crippen LogP contribution in [0.25, 0.3) is 0 Å². The van der Waals surface area contributed by atoms with E-state index in [0.29, 0.717) is 5.56 Å². The van der Waals surface area contributed by atoms with Crippen molar-refractivity contribution in [3.05, 3.63) is 42.1 Å². The first kappa shape index (κ1) is 18.2. The van der Waals surface area contributed by atoms with Gasteiger partial charge in [-0.1, -0.05) is 0 Å². The average molecular weight is 374 g/mol. The Kier molecular flexibility index (Phi) is 4.39. The molecule has 1 aromatic heterocycles. The van der Waals surface area contributed by atoms with Crippen molar-refractivity contribution in [2.24, 2.45) is 0 Å². The van der Waals surface area contributed by atoms with Crippen LogP contribution in [0.1, 0.15) is 26.3 Å². The average Bonchev–Trinajstić information content (AvgIpc) is 2.82. The second-order valence-electron chi connectivity index (χ2n) is 7.33. The zero-order valence-corrected chi connectivity index (χ0v) is 16.0. The molecule has 0 saturated heterocycles. The van der Waals surface area contributed by atoms with E-state index in [9.17, 15) is 13.2 Å². The summed E-state index contributed by atoms with van der Waals surface area (Å²) in [6.07, 6.45) is 1.79. The van der Waals surface area contributed by atoms with Crippen molar-refractivity contribution in [1.82, 2.24) is 4.98 Å². The number of rotatable bonds is 4. The molecule has 26 heavy (non-hydrogen) atoms. The first-order chi connectivity index (χ1) is 12.0. The van der Waals surface area contributed by atoms with E-state index < -0.39 is 10.0 Å². The molecule has 0 saturated carbocycles. The van der Waals surface area contributed by atoms with Crippen molar-refractivity contribution in [2.75, 3.05) is 22.0 Å². The van der Waals surface area contributed by atoms with Gasteiger partial charge >= 0.3 is 0 Å². The Labute approximate surface area is 153 Å². The highest BCUT2D eigenvalue weighted by molar-refractivity contribution is 7.92. The Hall–Kier alpha value is -2.61. The molecule has 0 unspecified atom stereocenters. The number of benzene rings is 1. The van der Waals surface area contributed by atoms with Gasteiger partial charge in [0.1, 0.15) is 5.82 Å². The van der Waals surface area contributed by atoms with Crippen molar-refractivity contribution < 1.29 is 13.2 Å². The maximum Gasteiger partial charge on any atom is 0.263 e. The molecule has 3 rings (SSSR count). The van der Waals surface area contributed by atoms with Crippen LogP contribution in [0.2, 0.25) is 0 Å². The third-order valence-electron chi connectivity index (χ3n) is 3.96. The van der Waals surface area contributed by atoms with Crippen LogP contribution in [0.15, 0.2) is 41.4 Å². The number of carbonyl (C=O) groups excluding carboxylic acids is 1. The molecule has 0 radical (unpaired) electrons. The normalized spacial score (nSPS) is 14.3. The highest BCUT2D eigenvalue weighted by Crippen LogP contribution is 2.30. The third kappa shape index (κ3) is 3.80. The van der Waals surface area contributed by atoms with Crippen molar-refractivity contribution in [3.63, 3.8) is 0 Å². The molecule has 1 aliphatic heterocycles. The maximum atomic E-state index is 12.6. The lowest BCUT2D eigenvalue weighted by Crippen LogP contribution is -2.26. The highest BCUT2D eigenvalue weighted by atomic mass is 32.2. The van der Waals surface area contributed by atoms with Crippen molar-refractivity contribution in [1.29, 1.82) is 0 Å². The van der Waals surface area contributed by atoms with E-state index in [1.165, 1.54) is 17.0 Å². The van der Waals surface area contributed by atoms with E-state index in [0.717, 1.165) is 11.4 Å². The van der Waals surface area contributed by atoms with Gasteiger partial charge in [-0.3, -0.25) is 9.52 Å². The second kappa shape index (κ2) is 6.28. The fourth-order valence-electron chi connectivity index (χ4n) is 2.77. The van der Waals surface area contributed by atoms with Crippen LogP contribution in [0.3, 0.4) is 0 Å². The van der Waals surface area contributed by atoms with E-state index in [4.69, 9.17) is 0 Å². The molecular formula is C18H22N4O3S. The molecule has 0 spiro atoms. The Morgan fingerprint density at radius 2 is 1.88 bits per heavy atom. The number of hydrogen-bond acceptors (Lipinski definition) is 5. The van der Waals surface area contributed by atoms with E-state index in [2.05, 4.69) is 15.0 Å². The first-order valence-corrected chi connectivity index (χ1v) is 9.70. The molecule has 138 valence electrons. The Morgan fingerprint density at radius 1 is 1.15 bits per heavy atom. The van der Waals surface area contributed by atoms with Gasteiger partial charge in [0.15, 0.2) is 0 Å². The first-order valence-electron chi connectivity index (χ1n) is 8.22. The van der Waals surface area contributed by atoms with Crippen molar-refractivity contribution >= 4 is 33.1 Å². The number of nitrogens with zero attached hydrogens (tertiary/aromatic N) is 2. The number of likely N-dealkylation sites (N-methyl/N-ethyl adjacent to an activating group) is 1. The van der Waals surface area contributed by atoms with E-state index in [1.807, 2.05) is 20.8 Å². The smallest absolute Gasteiger partial charge is 0.263 e. The molecule has 2 heterocycles. The quantitative estimate of drug-likeness (QED) is 0.858. The fourth-order valence-corrected chi connectivity index (χ4v) is 3.83. The molecule has 0 atom stereocenters. The topological polar surface area (TPSA) is 91.4 Å². The summed E-state index contributed by atoms with van der Waals surface area (Å²) in [6.45, 7) is 6.08. The molecule has 8 heteroatoms. The number of amides is 1. The summed E-state index contributed by atoms with van der Waals surface area (Å²) < 4.78 is 27.7. The number of aromatic nitrogens is 1. The van der Waals surface area contributed by atoms with E-state index >= 15 is 0 Å². The minimum atomic E-state index is -3.78. The van der Waals surface area contributed by atoms with Crippen LogP contribution >= 0.6 is 0 Å². The number of pyridine rings is 1. The third-order valence-corrected chi connectivity index (χ3v) is 5.31. The summed E-state index contributed by atoms with van der Waals surface area (Å²) in [5.41, 5.74) is 2.14. The lowest BCUT2D eigenvalue weighted by Gasteiger charge is -2.21. The zero-order chi connectivity index (χ0) is 19.1. The van der Waals surface area contributed by atoms with Gasteiger partial charge in [0.2, 0.25) is 5.91 Å². The SMILES string of the molecule is CN1C(=O)Cc2cc(S(=O)(=O)Nc3ccc(NC(C)(C)C)cn3)ccc21. The second-order valence-corrected chi connectivity index (χ2v) is 9.02. The summed E-state index contributed by atoms with van der Waals surface area (Å²) in [5, 5.41) is 3.26. The summed E-state index contributed by atoms with van der Waals surface area (Å²) in [4.78, 5) is 17.6. The van der Waals surface area contributed by atoms with Crippen molar-refractivity contribution in [2.45, 2.75) is 37.6 Å². The molecular weight excluding hydrogens is 352 g/mol. The van der Waals surface area contributed by atoms with Crippen LogP contribution in [-0.4, -0.2) is 31.9 Å². The summed E-state index contributed by atoms with van der Waals surface area (Å²) in [7, 11) is -2.10. The minimum absolute atomic E-state index is 0.0499. The molecule has 0 aliphatic carbocycles. The Bertz CT molecular complexity index is 947. The van der Waals surface area contributed by atoms with Gasteiger partial charge in [-0.2, -0.15) is 0 Å². The fraction of sp³-hybridized carbons (Fsp3) is 0.333. The van der Waals surface area contributed by atoms with Crippen molar-refractivity contribution in [3.8, 4) is 0 Å². The number of sulfonamides is 1. The lowest BCUT2D eigenvalue weighted by molar-refractivity contribution is -0.117. The standard InChI is InChI=1S/C18H22N4O3S/c1-18(2,3)20-13-5-8-16(19-11-13)21-26(24,25)14-6-7-15-12(9-14)10-17(23)22(15)4/h5-9,11,20H,10H2,1-4H3,(H,19,21). The van der Waals surface area contributed by atoms with Gasteiger partial charge in [-0.25, -0.2) is 13.4 Å². The molecule has 1 amide bonds. The van der Waals surface area contributed by atoms with E-state index in [1.54, 1.807) is 31.4 Å². The summed E-state index contributed by atoms with van der Waals surface area (Å²) in [6, 6.07) is 8.06. The van der Waals surface area contributed by atoms with Gasteiger partial charge in [0.25, 0.3) is 10.0 Å². The lowest BCUT2D eigenvalue weighted by atomic mass is 10.1. The monoisotopic (exact) mass is 374 g/mol. The summed E-state index contributed by atoms with van der Waals surface area (Å²) in [5.74, 6) is 0.185. The summed E-state index contributed by atoms with van der Waals surface area (Å²) >= 11 is 0. The molecule has 2 N–H and O–H groups in total. The molecule has 1 aliphatic rings. The Balaban J connectivity index is 1.80. The highest BCUT2D eigenvalue weighted by Gasteiger charge is 2.26. The predicted octanol–water partition coefficient (Wildman–Crippen LogP) is 2.61. The molecule has 0 fully saturated rings. The molecule has 1 aromatic carbocycles. The largest absolute Gasteiger partial charge is 0.379 e. The predicted molar refractivity (Wildman–Crippen MR) is 102 cm³/mol. The molecule has 2 aromatic rings. The van der Waals surface area contributed by atoms with E-state index in [-0.39, 0.29) is 28.6 Å². The maximum absolute atomic E-state index is 12.6. The zero-order valence-electron chi connectivity index (χ0n) is 15.2. The Morgan fingerprint density at radius 3 is 2.50 bits per heavy atom. The van der Waals surface area contributed by atoms with Gasteiger partial charge in [-0.15, -0.1) is 0 Å². The molecule has 7 nitrogen and oxygen atoms in total. The van der Waals surface area contributed by atoms with Crippen LogP contribution in [-0.2, 0) is 21.2 Å². The number of nitrogens with one attached hydrogen (secondary N) is 2. The van der Waals surface area contributed by atoms with Crippen LogP contribution in [0, 0.1) is 0 Å². The minimum Gasteiger partial charge on any atom is -0.379 e. The molecule has 0 bridgehead atoms. The number of hydrogen-bond donors (Lipinski definition) is 2. The van der Waals surface area contributed by atoms with Gasteiger partial charge in [0.05, 0.1) is 23.2 Å². The number of carbonyl (C=O) groups is 1. The van der Waals surface area contributed by atoms with Crippen LogP contribution < -0.4 is 14.9 Å². The van der Waals surface area contributed by atoms with Gasteiger partial charge < -0.3 is 10.2 Å². The van der Waals surface area contributed by atoms with Crippen LogP contribution in [0.5, 0.6) is 0 Å².